The van der Waals surface area contributed by atoms with Crippen LogP contribution in [0.25, 0.3) is 0 Å². The monoisotopic (exact) mass is 1120 g/mol. The van der Waals surface area contributed by atoms with Crippen LogP contribution in [-0.2, 0) is 18.4 Å². The molecule has 464 valence electrons. The number of phosphoric acid groups is 1. The molecule has 0 aromatic rings. The first kappa shape index (κ1) is 77.0. The number of nitrogens with one attached hydrogen (secondary N) is 1. The Morgan fingerprint density at radius 3 is 0.987 bits per heavy atom. The molecule has 0 heterocycles. The molecule has 0 saturated heterocycles. The van der Waals surface area contributed by atoms with Crippen LogP contribution in [0.15, 0.2) is 24.3 Å². The molecule has 9 heteroatoms. The molecule has 0 aromatic heterocycles. The second-order valence-electron chi connectivity index (χ2n) is 25.3. The topological polar surface area (TPSA) is 105 Å². The summed E-state index contributed by atoms with van der Waals surface area (Å²) in [5.41, 5.74) is 0. The summed E-state index contributed by atoms with van der Waals surface area (Å²) in [4.78, 5) is 23.3. The number of carbonyl (C=O) groups is 1. The zero-order valence-electron chi connectivity index (χ0n) is 53.2. The van der Waals surface area contributed by atoms with E-state index >= 15 is 0 Å². The van der Waals surface area contributed by atoms with Crippen molar-refractivity contribution in [2.24, 2.45) is 0 Å². The summed E-state index contributed by atoms with van der Waals surface area (Å²) in [5, 5.41) is 14.0. The molecule has 0 aromatic carbocycles. The van der Waals surface area contributed by atoms with Gasteiger partial charge in [0.05, 0.1) is 39.9 Å². The van der Waals surface area contributed by atoms with Crippen LogP contribution < -0.4 is 5.32 Å². The fourth-order valence-electron chi connectivity index (χ4n) is 10.7. The second kappa shape index (κ2) is 60.6. The van der Waals surface area contributed by atoms with Gasteiger partial charge < -0.3 is 19.8 Å². The van der Waals surface area contributed by atoms with Crippen LogP contribution in [0.1, 0.15) is 361 Å². The predicted octanol–water partition coefficient (Wildman–Crippen LogP) is 21.9. The van der Waals surface area contributed by atoms with E-state index < -0.39 is 20.0 Å². The molecule has 78 heavy (non-hydrogen) atoms. The van der Waals surface area contributed by atoms with E-state index in [4.69, 9.17) is 9.05 Å². The van der Waals surface area contributed by atoms with Crippen molar-refractivity contribution < 1.29 is 32.9 Å². The maximum atomic E-state index is 13.0. The number of amides is 1. The molecule has 8 nitrogen and oxygen atoms in total. The maximum absolute atomic E-state index is 13.0. The maximum Gasteiger partial charge on any atom is 0.472 e. The minimum absolute atomic E-state index is 0.0646. The molecule has 0 aliphatic rings. The van der Waals surface area contributed by atoms with Gasteiger partial charge in [0.2, 0.25) is 5.91 Å². The third-order valence-corrected chi connectivity index (χ3v) is 17.1. The van der Waals surface area contributed by atoms with Crippen LogP contribution in [0.4, 0.5) is 0 Å². The number of aliphatic hydroxyl groups excluding tert-OH is 1. The molecule has 0 spiro atoms. The van der Waals surface area contributed by atoms with Crippen molar-refractivity contribution in [3.8, 4) is 0 Å². The highest BCUT2D eigenvalue weighted by molar-refractivity contribution is 7.47. The summed E-state index contributed by atoms with van der Waals surface area (Å²) in [6, 6.07) is -0.843. The van der Waals surface area contributed by atoms with Crippen LogP contribution in [0, 0.1) is 0 Å². The first-order chi connectivity index (χ1) is 38.0. The number of rotatable bonds is 65. The number of aliphatic hydroxyl groups is 1. The Hall–Kier alpha value is -1.02. The third kappa shape index (κ3) is 62.6. The Labute approximate surface area is 487 Å². The Morgan fingerprint density at radius 1 is 0.423 bits per heavy atom. The number of nitrogens with zero attached hydrogens (tertiary/aromatic N) is 1. The summed E-state index contributed by atoms with van der Waals surface area (Å²) in [5.74, 6) is -0.169. The first-order valence-electron chi connectivity index (χ1n) is 34.7. The fourth-order valence-corrected chi connectivity index (χ4v) is 11.5. The molecular weight excluding hydrogens is 984 g/mol. The van der Waals surface area contributed by atoms with Gasteiger partial charge in [-0.3, -0.25) is 13.8 Å². The molecule has 3 N–H and O–H groups in total. The molecule has 0 fully saturated rings. The third-order valence-electron chi connectivity index (χ3n) is 16.2. The molecule has 0 aliphatic carbocycles. The summed E-state index contributed by atoms with van der Waals surface area (Å²) in [6.07, 6.45) is 79.2. The zero-order chi connectivity index (χ0) is 57.0. The quantitative estimate of drug-likeness (QED) is 0.0243. The molecule has 0 radical (unpaired) electrons. The summed E-state index contributed by atoms with van der Waals surface area (Å²) in [7, 11) is 1.59. The van der Waals surface area contributed by atoms with Gasteiger partial charge in [-0.1, -0.05) is 334 Å². The molecule has 0 saturated carbocycles. The number of hydrogen-bond donors (Lipinski definition) is 3. The molecule has 0 aliphatic heterocycles. The lowest BCUT2D eigenvalue weighted by Gasteiger charge is -2.25. The Bertz CT molecular complexity index is 1320. The highest BCUT2D eigenvalue weighted by atomic mass is 31.2. The predicted molar refractivity (Wildman–Crippen MR) is 342 cm³/mol. The van der Waals surface area contributed by atoms with Crippen LogP contribution in [-0.4, -0.2) is 73.4 Å². The molecule has 3 unspecified atom stereocenters. The molecular formula is C69H138N2O6P+. The van der Waals surface area contributed by atoms with Gasteiger partial charge in [0, 0.05) is 6.42 Å². The molecule has 1 amide bonds. The average molecular weight is 1120 g/mol. The first-order valence-corrected chi connectivity index (χ1v) is 36.2. The molecule has 0 bridgehead atoms. The van der Waals surface area contributed by atoms with Gasteiger partial charge in [0.25, 0.3) is 0 Å². The average Bonchev–Trinajstić information content (AvgIpc) is 3.41. The van der Waals surface area contributed by atoms with Crippen LogP contribution in [0.2, 0.25) is 0 Å². The van der Waals surface area contributed by atoms with Gasteiger partial charge in [-0.15, -0.1) is 0 Å². The van der Waals surface area contributed by atoms with Crippen LogP contribution in [0.3, 0.4) is 0 Å². The van der Waals surface area contributed by atoms with Gasteiger partial charge in [-0.05, 0) is 44.9 Å². The van der Waals surface area contributed by atoms with Crippen molar-refractivity contribution in [3.63, 3.8) is 0 Å². The van der Waals surface area contributed by atoms with Gasteiger partial charge >= 0.3 is 7.82 Å². The number of hydrogen-bond acceptors (Lipinski definition) is 5. The lowest BCUT2D eigenvalue weighted by Crippen LogP contribution is -2.45. The number of quaternary nitrogens is 1. The summed E-state index contributed by atoms with van der Waals surface area (Å²) >= 11 is 0. The number of unbranched alkanes of at least 4 members (excludes halogenated alkanes) is 50. The highest BCUT2D eigenvalue weighted by Gasteiger charge is 2.28. The number of carbonyl (C=O) groups excluding carboxylic acids is 1. The highest BCUT2D eigenvalue weighted by Crippen LogP contribution is 2.43. The summed E-state index contributed by atoms with van der Waals surface area (Å²) < 4.78 is 23.7. The lowest BCUT2D eigenvalue weighted by atomic mass is 10.0. The van der Waals surface area contributed by atoms with Crippen LogP contribution >= 0.6 is 7.82 Å². The van der Waals surface area contributed by atoms with E-state index in [0.29, 0.717) is 17.4 Å². The number of likely N-dealkylation sites (N-methyl/N-ethyl adjacent to an activating group) is 1. The SMILES string of the molecule is CCCCCCCCCC/C=C\CCCCCCCCCCCCCCCCCCCCCCCCCCCCCCCC(=O)NC(COP(=O)(O)OCC[N+](C)(C)C)C(O)/C=C/CCCCCCCCCCCCCCC. The van der Waals surface area contributed by atoms with Gasteiger partial charge in [0.15, 0.2) is 0 Å². The van der Waals surface area contributed by atoms with Crippen molar-refractivity contribution in [1.82, 2.24) is 5.32 Å². The summed E-state index contributed by atoms with van der Waals surface area (Å²) in [6.45, 7) is 4.86. The van der Waals surface area contributed by atoms with E-state index in [1.807, 2.05) is 27.2 Å². The zero-order valence-corrected chi connectivity index (χ0v) is 54.1. The van der Waals surface area contributed by atoms with Crippen molar-refractivity contribution in [2.75, 3.05) is 40.9 Å². The Morgan fingerprint density at radius 2 is 0.692 bits per heavy atom. The fraction of sp³-hybridized carbons (Fsp3) is 0.928. The van der Waals surface area contributed by atoms with E-state index in [2.05, 4.69) is 31.3 Å². The molecule has 0 rings (SSSR count). The lowest BCUT2D eigenvalue weighted by molar-refractivity contribution is -0.870. The largest absolute Gasteiger partial charge is 0.472 e. The molecule has 3 atom stereocenters. The van der Waals surface area contributed by atoms with E-state index in [1.54, 1.807) is 6.08 Å². The van der Waals surface area contributed by atoms with E-state index in [9.17, 15) is 19.4 Å². The van der Waals surface area contributed by atoms with Gasteiger partial charge in [-0.25, -0.2) is 4.57 Å². The van der Waals surface area contributed by atoms with Gasteiger partial charge in [-0.2, -0.15) is 0 Å². The Kier molecular flexibility index (Phi) is 59.8. The normalized spacial score (nSPS) is 13.8. The van der Waals surface area contributed by atoms with E-state index in [0.717, 1.165) is 38.5 Å². The van der Waals surface area contributed by atoms with Crippen molar-refractivity contribution in [2.45, 2.75) is 373 Å². The van der Waals surface area contributed by atoms with Crippen LogP contribution in [0.5, 0.6) is 0 Å². The minimum Gasteiger partial charge on any atom is -0.387 e. The van der Waals surface area contributed by atoms with Crippen molar-refractivity contribution in [3.05, 3.63) is 24.3 Å². The standard InChI is InChI=1S/C69H137N2O6P/c1-6-8-10-12-14-16-18-20-22-23-24-25-26-27-28-29-30-31-32-33-34-35-36-37-38-39-40-41-42-43-44-45-46-47-49-51-53-55-57-59-61-63-69(73)70-67(66-77-78(74,75)76-65-64-71(3,4)5)68(72)62-60-58-56-54-52-50-48-21-19-17-15-13-11-9-7-2/h23-24,60,62,67-68,72H,6-22,25-59,61,63-66H2,1-5H3,(H-,70,73,74,75)/p+1/b24-23-,62-60+. The Balaban J connectivity index is 3.83. The second-order valence-corrected chi connectivity index (χ2v) is 26.7. The number of phosphoric ester groups is 1. The van der Waals surface area contributed by atoms with Gasteiger partial charge in [0.1, 0.15) is 13.2 Å². The van der Waals surface area contributed by atoms with E-state index in [-0.39, 0.29) is 19.1 Å². The minimum atomic E-state index is -4.34. The van der Waals surface area contributed by atoms with Crippen molar-refractivity contribution >= 4 is 13.7 Å². The smallest absolute Gasteiger partial charge is 0.387 e. The number of allylic oxidation sites excluding steroid dienone is 3. The van der Waals surface area contributed by atoms with Crippen molar-refractivity contribution in [1.29, 1.82) is 0 Å². The van der Waals surface area contributed by atoms with E-state index in [1.165, 1.54) is 302 Å².